The van der Waals surface area contributed by atoms with E-state index in [1.54, 1.807) is 12.1 Å². The summed E-state index contributed by atoms with van der Waals surface area (Å²) < 4.78 is 13.1. The Balaban J connectivity index is 2.00. The highest BCUT2D eigenvalue weighted by Crippen LogP contribution is 2.13. The first-order valence-electron chi connectivity index (χ1n) is 7.02. The first-order valence-corrected chi connectivity index (χ1v) is 7.02. The number of hydrogen-bond donors (Lipinski definition) is 3. The Kier molecular flexibility index (Phi) is 5.43. The lowest BCUT2D eigenvalue weighted by Crippen LogP contribution is -2.23. The molecule has 0 aliphatic rings. The molecule has 116 valence electrons. The molecule has 0 bridgehead atoms. The summed E-state index contributed by atoms with van der Waals surface area (Å²) >= 11 is 0. The third-order valence-electron chi connectivity index (χ3n) is 3.17. The monoisotopic (exact) mass is 303 g/mol. The second-order valence-corrected chi connectivity index (χ2v) is 4.83. The number of benzene rings is 1. The number of halogens is 1. The van der Waals surface area contributed by atoms with Crippen LogP contribution in [0, 0.1) is 5.82 Å². The fraction of sp³-hybridized carbons (Fsp3) is 0.250. The number of carbonyl (C=O) groups is 1. The van der Waals surface area contributed by atoms with E-state index in [4.69, 9.17) is 5.11 Å². The van der Waals surface area contributed by atoms with Crippen LogP contribution in [-0.4, -0.2) is 28.6 Å². The minimum Gasteiger partial charge on any atom is -0.394 e. The largest absolute Gasteiger partial charge is 0.394 e. The van der Waals surface area contributed by atoms with Crippen molar-refractivity contribution in [1.82, 2.24) is 4.98 Å². The first kappa shape index (κ1) is 15.9. The number of rotatable bonds is 6. The van der Waals surface area contributed by atoms with Crippen molar-refractivity contribution in [2.24, 2.45) is 0 Å². The van der Waals surface area contributed by atoms with Crippen molar-refractivity contribution in [1.29, 1.82) is 0 Å². The molecule has 1 aromatic carbocycles. The lowest BCUT2D eigenvalue weighted by atomic mass is 10.2. The first-order chi connectivity index (χ1) is 10.6. The van der Waals surface area contributed by atoms with E-state index in [0.717, 1.165) is 6.42 Å². The summed E-state index contributed by atoms with van der Waals surface area (Å²) in [7, 11) is 0. The molecule has 1 atom stereocenters. The van der Waals surface area contributed by atoms with Gasteiger partial charge in [0.2, 0.25) is 0 Å². The molecule has 6 heteroatoms. The highest BCUT2D eigenvalue weighted by molar-refractivity contribution is 6.04. The van der Waals surface area contributed by atoms with E-state index >= 15 is 0 Å². The zero-order valence-electron chi connectivity index (χ0n) is 12.2. The van der Waals surface area contributed by atoms with Gasteiger partial charge >= 0.3 is 0 Å². The molecule has 0 saturated carbocycles. The summed E-state index contributed by atoms with van der Waals surface area (Å²) in [5.74, 6) is -0.242. The second kappa shape index (κ2) is 7.51. The van der Waals surface area contributed by atoms with Crippen LogP contribution in [0.3, 0.4) is 0 Å². The maximum Gasteiger partial charge on any atom is 0.255 e. The zero-order chi connectivity index (χ0) is 15.9. The number of anilines is 2. The molecule has 0 aliphatic carbocycles. The summed E-state index contributed by atoms with van der Waals surface area (Å²) in [6, 6.07) is 8.82. The Morgan fingerprint density at radius 2 is 2.18 bits per heavy atom. The highest BCUT2D eigenvalue weighted by atomic mass is 19.1. The summed E-state index contributed by atoms with van der Waals surface area (Å²) in [6.07, 6.45) is 2.28. The van der Waals surface area contributed by atoms with Gasteiger partial charge in [-0.25, -0.2) is 9.37 Å². The molecule has 0 spiro atoms. The molecule has 0 aliphatic heterocycles. The van der Waals surface area contributed by atoms with E-state index in [1.807, 2.05) is 6.92 Å². The maximum atomic E-state index is 13.1. The molecule has 1 amide bonds. The van der Waals surface area contributed by atoms with Crippen molar-refractivity contribution < 1.29 is 14.3 Å². The number of pyridine rings is 1. The number of hydrogen-bond acceptors (Lipinski definition) is 4. The van der Waals surface area contributed by atoms with Crippen molar-refractivity contribution in [2.75, 3.05) is 17.2 Å². The van der Waals surface area contributed by atoms with Crippen LogP contribution in [0.2, 0.25) is 0 Å². The molecule has 0 saturated heterocycles. The van der Waals surface area contributed by atoms with Gasteiger partial charge in [0.05, 0.1) is 24.5 Å². The van der Waals surface area contributed by atoms with E-state index in [2.05, 4.69) is 15.6 Å². The van der Waals surface area contributed by atoms with Gasteiger partial charge in [0.1, 0.15) is 11.6 Å². The summed E-state index contributed by atoms with van der Waals surface area (Å²) in [5.41, 5.74) is 0.755. The van der Waals surface area contributed by atoms with Crippen LogP contribution < -0.4 is 10.6 Å². The van der Waals surface area contributed by atoms with E-state index in [1.165, 1.54) is 30.5 Å². The van der Waals surface area contributed by atoms with E-state index in [0.29, 0.717) is 11.5 Å². The van der Waals surface area contributed by atoms with Crippen LogP contribution in [0.1, 0.15) is 23.7 Å². The predicted octanol–water partition coefficient (Wildman–Crippen LogP) is 2.66. The fourth-order valence-electron chi connectivity index (χ4n) is 1.87. The van der Waals surface area contributed by atoms with Gasteiger partial charge in [-0.15, -0.1) is 0 Å². The molecule has 1 heterocycles. The molecule has 0 fully saturated rings. The summed E-state index contributed by atoms with van der Waals surface area (Å²) in [6.45, 7) is 1.98. The number of nitrogens with one attached hydrogen (secondary N) is 2. The van der Waals surface area contributed by atoms with Gasteiger partial charge in [-0.1, -0.05) is 13.0 Å². The quantitative estimate of drug-likeness (QED) is 0.767. The van der Waals surface area contributed by atoms with Gasteiger partial charge in [0.15, 0.2) is 0 Å². The third kappa shape index (κ3) is 4.26. The van der Waals surface area contributed by atoms with Crippen molar-refractivity contribution in [3.63, 3.8) is 0 Å². The van der Waals surface area contributed by atoms with Crippen LogP contribution in [0.5, 0.6) is 0 Å². The Bertz CT molecular complexity index is 628. The van der Waals surface area contributed by atoms with Gasteiger partial charge in [-0.2, -0.15) is 0 Å². The van der Waals surface area contributed by atoms with Crippen LogP contribution in [0.25, 0.3) is 0 Å². The molecule has 22 heavy (non-hydrogen) atoms. The molecule has 0 radical (unpaired) electrons. The third-order valence-corrected chi connectivity index (χ3v) is 3.17. The lowest BCUT2D eigenvalue weighted by molar-refractivity contribution is 0.102. The molecular formula is C16H18FN3O2. The number of nitrogens with zero attached hydrogens (tertiary/aromatic N) is 1. The fourth-order valence-corrected chi connectivity index (χ4v) is 1.87. The van der Waals surface area contributed by atoms with Crippen LogP contribution in [0.4, 0.5) is 15.9 Å². The molecule has 1 unspecified atom stereocenters. The number of carbonyl (C=O) groups excluding carboxylic acids is 1. The average Bonchev–Trinajstić information content (AvgIpc) is 2.54. The molecule has 2 aromatic rings. The number of amides is 1. The van der Waals surface area contributed by atoms with E-state index < -0.39 is 11.7 Å². The normalized spacial score (nSPS) is 11.8. The second-order valence-electron chi connectivity index (χ2n) is 4.83. The lowest BCUT2D eigenvalue weighted by Gasteiger charge is -2.14. The molecule has 5 nitrogen and oxygen atoms in total. The predicted molar refractivity (Wildman–Crippen MR) is 83.4 cm³/mol. The topological polar surface area (TPSA) is 74.2 Å². The van der Waals surface area contributed by atoms with Crippen LogP contribution >= 0.6 is 0 Å². The van der Waals surface area contributed by atoms with Crippen LogP contribution in [-0.2, 0) is 0 Å². The SMILES string of the molecule is CCC(CO)Nc1ccc(NC(=O)c2cccc(F)c2)cn1. The molecule has 1 aromatic heterocycles. The van der Waals surface area contributed by atoms with Gasteiger partial charge in [-0.3, -0.25) is 4.79 Å². The number of aliphatic hydroxyl groups excluding tert-OH is 1. The minimum absolute atomic E-state index is 0.0240. The Morgan fingerprint density at radius 3 is 2.77 bits per heavy atom. The van der Waals surface area contributed by atoms with Crippen LogP contribution in [0.15, 0.2) is 42.6 Å². The van der Waals surface area contributed by atoms with Crippen molar-refractivity contribution >= 4 is 17.4 Å². The maximum absolute atomic E-state index is 13.1. The van der Waals surface area contributed by atoms with Gasteiger partial charge in [-0.05, 0) is 36.8 Å². The average molecular weight is 303 g/mol. The van der Waals surface area contributed by atoms with E-state index in [9.17, 15) is 9.18 Å². The molecular weight excluding hydrogens is 285 g/mol. The number of aliphatic hydroxyl groups is 1. The van der Waals surface area contributed by atoms with Gasteiger partial charge in [0.25, 0.3) is 5.91 Å². The molecule has 2 rings (SSSR count). The van der Waals surface area contributed by atoms with Crippen molar-refractivity contribution in [3.8, 4) is 0 Å². The number of aromatic nitrogens is 1. The smallest absolute Gasteiger partial charge is 0.255 e. The van der Waals surface area contributed by atoms with Crippen molar-refractivity contribution in [3.05, 3.63) is 54.0 Å². The van der Waals surface area contributed by atoms with Crippen molar-refractivity contribution in [2.45, 2.75) is 19.4 Å². The standard InChI is InChI=1S/C16H18FN3O2/c1-2-13(10-21)19-15-7-6-14(9-18-15)20-16(22)11-4-3-5-12(17)8-11/h3-9,13,21H,2,10H2,1H3,(H,18,19)(H,20,22). The molecule has 3 N–H and O–H groups in total. The van der Waals surface area contributed by atoms with Gasteiger partial charge < -0.3 is 15.7 Å². The summed E-state index contributed by atoms with van der Waals surface area (Å²) in [5, 5.41) is 14.9. The van der Waals surface area contributed by atoms with Gasteiger partial charge in [0, 0.05) is 5.56 Å². The van der Waals surface area contributed by atoms with E-state index in [-0.39, 0.29) is 18.2 Å². The minimum atomic E-state index is -0.458. The highest BCUT2D eigenvalue weighted by Gasteiger charge is 2.08. The Hall–Kier alpha value is -2.47. The Morgan fingerprint density at radius 1 is 1.36 bits per heavy atom. The Labute approximate surface area is 128 Å². The summed E-state index contributed by atoms with van der Waals surface area (Å²) in [4.78, 5) is 16.1. The zero-order valence-corrected chi connectivity index (χ0v) is 12.2.